The maximum Gasteiger partial charge on any atom is 0.253 e. The number of nitrogens with zero attached hydrogens (tertiary/aromatic N) is 2. The lowest BCUT2D eigenvalue weighted by molar-refractivity contribution is 0.0724. The third-order valence-corrected chi connectivity index (χ3v) is 6.49. The van der Waals surface area contributed by atoms with Crippen molar-refractivity contribution in [1.82, 2.24) is 10.1 Å². The Labute approximate surface area is 181 Å². The average molecular weight is 415 g/mol. The summed E-state index contributed by atoms with van der Waals surface area (Å²) in [6, 6.07) is 9.79. The molecule has 6 heteroatoms. The molecule has 3 aromatic rings. The molecule has 5 rings (SSSR count). The van der Waals surface area contributed by atoms with Gasteiger partial charge in [0.25, 0.3) is 5.91 Å². The third kappa shape index (κ3) is 3.23. The van der Waals surface area contributed by atoms with Crippen LogP contribution < -0.4 is 5.73 Å². The number of amides is 2. The van der Waals surface area contributed by atoms with Crippen LogP contribution in [0.5, 0.6) is 0 Å². The maximum absolute atomic E-state index is 13.0. The van der Waals surface area contributed by atoms with Crippen LogP contribution in [0.1, 0.15) is 62.6 Å². The number of benzene rings is 2. The molecule has 2 N–H and O–H groups in total. The molecule has 0 saturated carbocycles. The minimum Gasteiger partial charge on any atom is -0.366 e. The zero-order chi connectivity index (χ0) is 21.7. The van der Waals surface area contributed by atoms with Crippen molar-refractivity contribution >= 4 is 11.8 Å². The highest BCUT2D eigenvalue weighted by molar-refractivity contribution is 6.01. The molecule has 2 aromatic carbocycles. The van der Waals surface area contributed by atoms with Crippen molar-refractivity contribution in [3.8, 4) is 22.3 Å². The van der Waals surface area contributed by atoms with E-state index in [1.54, 1.807) is 0 Å². The minimum atomic E-state index is -0.456. The summed E-state index contributed by atoms with van der Waals surface area (Å²) >= 11 is 0. The van der Waals surface area contributed by atoms with E-state index in [-0.39, 0.29) is 5.91 Å². The molecule has 31 heavy (non-hydrogen) atoms. The van der Waals surface area contributed by atoms with Crippen LogP contribution in [-0.2, 0) is 6.42 Å². The number of rotatable bonds is 3. The van der Waals surface area contributed by atoms with Gasteiger partial charge in [-0.2, -0.15) is 0 Å². The highest BCUT2D eigenvalue weighted by atomic mass is 16.5. The first-order valence-electron chi connectivity index (χ1n) is 10.8. The van der Waals surface area contributed by atoms with Gasteiger partial charge in [0.05, 0.1) is 5.69 Å². The van der Waals surface area contributed by atoms with Crippen LogP contribution in [0.15, 0.2) is 34.9 Å². The Morgan fingerprint density at radius 1 is 1.03 bits per heavy atom. The number of aryl methyl sites for hydroxylation is 2. The number of carbonyl (C=O) groups is 2. The minimum absolute atomic E-state index is 0.0880. The SMILES string of the molecule is Cc1noc(C)c1-c1cc(C(N)=O)c2c(c1)-c1ccc(C(=O)N3CCCCC3)cc1C2. The summed E-state index contributed by atoms with van der Waals surface area (Å²) in [6.07, 6.45) is 3.90. The lowest BCUT2D eigenvalue weighted by Crippen LogP contribution is -2.35. The van der Waals surface area contributed by atoms with Crippen molar-refractivity contribution in [2.75, 3.05) is 13.1 Å². The van der Waals surface area contributed by atoms with E-state index in [4.69, 9.17) is 10.3 Å². The van der Waals surface area contributed by atoms with Crippen LogP contribution in [0.25, 0.3) is 22.3 Å². The van der Waals surface area contributed by atoms with Gasteiger partial charge in [0.1, 0.15) is 5.76 Å². The molecule has 1 aliphatic carbocycles. The molecular formula is C25H25N3O3. The summed E-state index contributed by atoms with van der Waals surface area (Å²) in [5, 5.41) is 4.05. The molecule has 1 fully saturated rings. The van der Waals surface area contributed by atoms with Gasteiger partial charge in [-0.05, 0) is 91.6 Å². The highest BCUT2D eigenvalue weighted by Crippen LogP contribution is 2.42. The van der Waals surface area contributed by atoms with Gasteiger partial charge in [0.2, 0.25) is 5.91 Å². The Bertz CT molecular complexity index is 1200. The molecule has 2 aliphatic rings. The van der Waals surface area contributed by atoms with E-state index in [0.717, 1.165) is 65.0 Å². The largest absolute Gasteiger partial charge is 0.366 e. The number of carbonyl (C=O) groups excluding carboxylic acids is 2. The fourth-order valence-corrected chi connectivity index (χ4v) is 4.97. The van der Waals surface area contributed by atoms with Gasteiger partial charge in [-0.25, -0.2) is 0 Å². The molecule has 2 heterocycles. The first-order valence-corrected chi connectivity index (χ1v) is 10.8. The average Bonchev–Trinajstić information content (AvgIpc) is 3.31. The van der Waals surface area contributed by atoms with E-state index >= 15 is 0 Å². The summed E-state index contributed by atoms with van der Waals surface area (Å²) < 4.78 is 5.33. The van der Waals surface area contributed by atoms with Gasteiger partial charge < -0.3 is 15.2 Å². The second kappa shape index (κ2) is 7.38. The Balaban J connectivity index is 1.58. The molecule has 0 spiro atoms. The molecule has 158 valence electrons. The van der Waals surface area contributed by atoms with Crippen LogP contribution in [0.4, 0.5) is 0 Å². The molecule has 0 radical (unpaired) electrons. The van der Waals surface area contributed by atoms with Gasteiger partial charge >= 0.3 is 0 Å². The predicted octanol–water partition coefficient (Wildman–Crippen LogP) is 4.25. The van der Waals surface area contributed by atoms with Gasteiger partial charge in [-0.15, -0.1) is 0 Å². The predicted molar refractivity (Wildman–Crippen MR) is 118 cm³/mol. The summed E-state index contributed by atoms with van der Waals surface area (Å²) in [5.74, 6) is 0.334. The number of piperidine rings is 1. The van der Waals surface area contributed by atoms with Crippen LogP contribution in [0.3, 0.4) is 0 Å². The van der Waals surface area contributed by atoms with E-state index in [1.165, 1.54) is 6.42 Å². The van der Waals surface area contributed by atoms with E-state index < -0.39 is 5.91 Å². The normalized spacial score (nSPS) is 15.0. The standard InChI is InChI=1S/C25H25N3O3/c1-14-23(15(2)31-27-14)18-12-20-19-7-6-16(25(30)28-8-4-3-5-9-28)10-17(19)11-21(20)22(13-18)24(26)29/h6-7,10,12-13H,3-5,8-9,11H2,1-2H3,(H2,26,29). The van der Waals surface area contributed by atoms with E-state index in [2.05, 4.69) is 11.2 Å². The molecule has 1 aliphatic heterocycles. The monoisotopic (exact) mass is 415 g/mol. The van der Waals surface area contributed by atoms with Gasteiger partial charge in [0, 0.05) is 29.8 Å². The Morgan fingerprint density at radius 2 is 1.81 bits per heavy atom. The van der Waals surface area contributed by atoms with E-state index in [0.29, 0.717) is 23.3 Å². The number of fused-ring (bicyclic) bond motifs is 3. The number of primary amides is 1. The number of aromatic nitrogens is 1. The van der Waals surface area contributed by atoms with Gasteiger partial charge in [-0.3, -0.25) is 9.59 Å². The smallest absolute Gasteiger partial charge is 0.253 e. The Hall–Kier alpha value is -3.41. The quantitative estimate of drug-likeness (QED) is 0.542. The highest BCUT2D eigenvalue weighted by Gasteiger charge is 2.27. The topological polar surface area (TPSA) is 89.4 Å². The van der Waals surface area contributed by atoms with Crippen LogP contribution in [0, 0.1) is 13.8 Å². The first kappa shape index (κ1) is 19.5. The molecular weight excluding hydrogens is 390 g/mol. The fourth-order valence-electron chi connectivity index (χ4n) is 4.97. The van der Waals surface area contributed by atoms with Crippen LogP contribution in [-0.4, -0.2) is 35.0 Å². The summed E-state index contributed by atoms with van der Waals surface area (Å²) in [4.78, 5) is 27.2. The molecule has 0 bridgehead atoms. The summed E-state index contributed by atoms with van der Waals surface area (Å²) in [5.41, 5.74) is 13.5. The lowest BCUT2D eigenvalue weighted by atomic mass is 9.93. The Morgan fingerprint density at radius 3 is 2.48 bits per heavy atom. The lowest BCUT2D eigenvalue weighted by Gasteiger charge is -2.26. The molecule has 6 nitrogen and oxygen atoms in total. The fraction of sp³-hybridized carbons (Fsp3) is 0.320. The van der Waals surface area contributed by atoms with Crippen molar-refractivity contribution < 1.29 is 14.1 Å². The number of hydrogen-bond acceptors (Lipinski definition) is 4. The van der Waals surface area contributed by atoms with Gasteiger partial charge in [0.15, 0.2) is 0 Å². The zero-order valence-electron chi connectivity index (χ0n) is 17.8. The molecule has 1 saturated heterocycles. The first-order chi connectivity index (χ1) is 14.9. The third-order valence-electron chi connectivity index (χ3n) is 6.49. The number of nitrogens with two attached hydrogens (primary N) is 1. The van der Waals surface area contributed by atoms with E-state index in [1.807, 2.05) is 43.0 Å². The molecule has 1 aromatic heterocycles. The molecule has 0 atom stereocenters. The van der Waals surface area contributed by atoms with Crippen LogP contribution in [0.2, 0.25) is 0 Å². The molecule has 0 unspecified atom stereocenters. The van der Waals surface area contributed by atoms with E-state index in [9.17, 15) is 9.59 Å². The van der Waals surface area contributed by atoms with Crippen molar-refractivity contribution in [1.29, 1.82) is 0 Å². The van der Waals surface area contributed by atoms with Crippen molar-refractivity contribution in [3.63, 3.8) is 0 Å². The number of likely N-dealkylation sites (tertiary alicyclic amines) is 1. The zero-order valence-corrected chi connectivity index (χ0v) is 17.8. The molecule has 2 amide bonds. The number of hydrogen-bond donors (Lipinski definition) is 1. The van der Waals surface area contributed by atoms with Crippen molar-refractivity contribution in [3.05, 3.63) is 64.0 Å². The second-order valence-electron chi connectivity index (χ2n) is 8.51. The van der Waals surface area contributed by atoms with Gasteiger partial charge in [-0.1, -0.05) is 11.2 Å². The Kier molecular flexibility index (Phi) is 4.65. The van der Waals surface area contributed by atoms with Crippen LogP contribution >= 0.6 is 0 Å². The van der Waals surface area contributed by atoms with Crippen molar-refractivity contribution in [2.24, 2.45) is 5.73 Å². The van der Waals surface area contributed by atoms with Crippen molar-refractivity contribution in [2.45, 2.75) is 39.5 Å². The summed E-state index contributed by atoms with van der Waals surface area (Å²) in [7, 11) is 0. The second-order valence-corrected chi connectivity index (χ2v) is 8.51. The maximum atomic E-state index is 13.0. The summed E-state index contributed by atoms with van der Waals surface area (Å²) in [6.45, 7) is 5.39.